The molecule has 1 fully saturated rings. The Hall–Kier alpha value is -3.17. The van der Waals surface area contributed by atoms with Crippen LogP contribution in [0.5, 0.6) is 0 Å². The molecule has 1 aliphatic rings. The first kappa shape index (κ1) is 21.5. The summed E-state index contributed by atoms with van der Waals surface area (Å²) in [5, 5.41) is 16.3. The number of allylic oxidation sites excluding steroid dienone is 1. The first-order valence-corrected chi connectivity index (χ1v) is 9.92. The van der Waals surface area contributed by atoms with Gasteiger partial charge in [0.05, 0.1) is 22.4 Å². The molecule has 2 aromatic rings. The van der Waals surface area contributed by atoms with Gasteiger partial charge in [-0.15, -0.1) is 0 Å². The Kier molecular flexibility index (Phi) is 6.23. The third-order valence-corrected chi connectivity index (χ3v) is 5.85. The van der Waals surface area contributed by atoms with Crippen LogP contribution in [0.4, 0.5) is 4.39 Å². The van der Waals surface area contributed by atoms with E-state index in [9.17, 15) is 4.79 Å². The molecule has 1 amide bonds. The molecule has 1 heterocycles. The maximum atomic E-state index is 15.5. The number of hydrogen-bond acceptors (Lipinski definition) is 4. The van der Waals surface area contributed by atoms with Gasteiger partial charge in [-0.25, -0.2) is 4.39 Å². The molecule has 1 aliphatic heterocycles. The number of nitrogens with one attached hydrogen (secondary N) is 1. The number of aryl methyl sites for hydroxylation is 1. The van der Waals surface area contributed by atoms with Gasteiger partial charge in [-0.3, -0.25) is 4.79 Å². The molecule has 7 heteroatoms. The standard InChI is InChI=1S/C23H22ClFN4O/c1-15-2-5-17(12-19(15)21(28)20(24)14-27)22(30)29-10-8-23(25,9-11-29)18-6-3-16(13-26)4-7-18/h2-7,12,14,27H,8-11,28H2,1H3/b21-20+,27-14?. The number of benzene rings is 2. The van der Waals surface area contributed by atoms with Crippen molar-refractivity contribution in [1.82, 2.24) is 4.90 Å². The Morgan fingerprint density at radius 1 is 1.27 bits per heavy atom. The van der Waals surface area contributed by atoms with Crippen molar-refractivity contribution < 1.29 is 9.18 Å². The second-order valence-corrected chi connectivity index (χ2v) is 7.79. The van der Waals surface area contributed by atoms with Crippen LogP contribution in [0.3, 0.4) is 0 Å². The van der Waals surface area contributed by atoms with Crippen LogP contribution in [-0.2, 0) is 5.67 Å². The number of amides is 1. The maximum Gasteiger partial charge on any atom is 0.253 e. The highest BCUT2D eigenvalue weighted by molar-refractivity contribution is 6.42. The fraction of sp³-hybridized carbons (Fsp3) is 0.261. The third-order valence-electron chi connectivity index (χ3n) is 5.53. The van der Waals surface area contributed by atoms with Crippen LogP contribution in [0, 0.1) is 23.7 Å². The summed E-state index contributed by atoms with van der Waals surface area (Å²) in [6.07, 6.45) is 1.33. The molecule has 3 N–H and O–H groups in total. The number of rotatable bonds is 4. The molecule has 0 spiro atoms. The van der Waals surface area contributed by atoms with E-state index in [-0.39, 0.29) is 42.6 Å². The highest BCUT2D eigenvalue weighted by Gasteiger charge is 2.37. The van der Waals surface area contributed by atoms with Gasteiger partial charge < -0.3 is 16.0 Å². The topological polar surface area (TPSA) is 94.0 Å². The number of nitrogens with two attached hydrogens (primary N) is 1. The zero-order valence-electron chi connectivity index (χ0n) is 16.6. The van der Waals surface area contributed by atoms with Gasteiger partial charge in [0.1, 0.15) is 5.67 Å². The van der Waals surface area contributed by atoms with Crippen molar-refractivity contribution >= 4 is 29.4 Å². The van der Waals surface area contributed by atoms with E-state index in [1.165, 1.54) is 0 Å². The number of hydrogen-bond donors (Lipinski definition) is 2. The Bertz CT molecular complexity index is 1050. The summed E-state index contributed by atoms with van der Waals surface area (Å²) in [6, 6.07) is 13.7. The van der Waals surface area contributed by atoms with Gasteiger partial charge >= 0.3 is 0 Å². The van der Waals surface area contributed by atoms with Crippen LogP contribution >= 0.6 is 11.6 Å². The maximum absolute atomic E-state index is 15.5. The van der Waals surface area contributed by atoms with Crippen LogP contribution in [0.15, 0.2) is 47.5 Å². The summed E-state index contributed by atoms with van der Waals surface area (Å²) in [5.74, 6) is -0.197. The normalized spacial score (nSPS) is 16.4. The lowest BCUT2D eigenvalue weighted by molar-refractivity contribution is 0.0421. The van der Waals surface area contributed by atoms with E-state index in [4.69, 9.17) is 28.0 Å². The van der Waals surface area contributed by atoms with E-state index < -0.39 is 5.67 Å². The van der Waals surface area contributed by atoms with Gasteiger partial charge in [0.25, 0.3) is 5.91 Å². The molecule has 3 rings (SSSR count). The Labute approximate surface area is 180 Å². The monoisotopic (exact) mass is 424 g/mol. The molecule has 5 nitrogen and oxygen atoms in total. The number of alkyl halides is 1. The summed E-state index contributed by atoms with van der Waals surface area (Å²) in [6.45, 7) is 2.41. The van der Waals surface area contributed by atoms with Gasteiger partial charge in [-0.2, -0.15) is 5.26 Å². The molecule has 154 valence electrons. The average Bonchev–Trinajstić information content (AvgIpc) is 2.78. The molecule has 2 aromatic carbocycles. The minimum atomic E-state index is -1.52. The number of likely N-dealkylation sites (tertiary alicyclic amines) is 1. The van der Waals surface area contributed by atoms with Gasteiger partial charge in [0.15, 0.2) is 0 Å². The number of nitriles is 1. The smallest absolute Gasteiger partial charge is 0.253 e. The van der Waals surface area contributed by atoms with Crippen LogP contribution < -0.4 is 5.73 Å². The summed E-state index contributed by atoms with van der Waals surface area (Å²) in [4.78, 5) is 14.6. The van der Waals surface area contributed by atoms with Crippen molar-refractivity contribution in [3.63, 3.8) is 0 Å². The Morgan fingerprint density at radius 3 is 2.47 bits per heavy atom. The first-order valence-electron chi connectivity index (χ1n) is 9.54. The van der Waals surface area contributed by atoms with Crippen molar-refractivity contribution in [2.24, 2.45) is 5.73 Å². The van der Waals surface area contributed by atoms with Crippen LogP contribution in [0.25, 0.3) is 5.70 Å². The van der Waals surface area contributed by atoms with E-state index in [1.54, 1.807) is 47.4 Å². The lowest BCUT2D eigenvalue weighted by atomic mass is 9.85. The Morgan fingerprint density at radius 2 is 1.90 bits per heavy atom. The quantitative estimate of drug-likeness (QED) is 0.708. The van der Waals surface area contributed by atoms with Gasteiger partial charge in [-0.1, -0.05) is 29.8 Å². The second kappa shape index (κ2) is 8.68. The van der Waals surface area contributed by atoms with Crippen molar-refractivity contribution in [3.05, 3.63) is 75.3 Å². The predicted molar refractivity (Wildman–Crippen MR) is 116 cm³/mol. The molecule has 0 atom stereocenters. The van der Waals surface area contributed by atoms with E-state index in [1.807, 2.05) is 13.0 Å². The predicted octanol–water partition coefficient (Wildman–Crippen LogP) is 4.48. The number of carbonyl (C=O) groups is 1. The van der Waals surface area contributed by atoms with Gasteiger partial charge in [-0.05, 0) is 42.3 Å². The summed E-state index contributed by atoms with van der Waals surface area (Å²) >= 11 is 5.97. The minimum Gasteiger partial charge on any atom is -0.397 e. The zero-order chi connectivity index (χ0) is 21.9. The SMILES string of the molecule is Cc1ccc(C(=O)N2CCC(F)(c3ccc(C#N)cc3)CC2)cc1/C(N)=C(\Cl)C=N. The average molecular weight is 425 g/mol. The fourth-order valence-corrected chi connectivity index (χ4v) is 3.73. The number of halogens is 2. The van der Waals surface area contributed by atoms with Gasteiger partial charge in [0.2, 0.25) is 0 Å². The molecule has 0 saturated carbocycles. The van der Waals surface area contributed by atoms with Crippen molar-refractivity contribution in [2.45, 2.75) is 25.4 Å². The fourth-order valence-electron chi connectivity index (χ4n) is 3.63. The number of nitrogens with zero attached hydrogens (tertiary/aromatic N) is 2. The minimum absolute atomic E-state index is 0.102. The van der Waals surface area contributed by atoms with Crippen LogP contribution in [-0.4, -0.2) is 30.1 Å². The highest BCUT2D eigenvalue weighted by Crippen LogP contribution is 2.37. The first-order chi connectivity index (χ1) is 14.3. The van der Waals surface area contributed by atoms with Crippen molar-refractivity contribution in [1.29, 1.82) is 10.7 Å². The number of piperidine rings is 1. The molecular formula is C23H22ClFN4O. The third kappa shape index (κ3) is 4.22. The van der Waals surface area contributed by atoms with Gasteiger partial charge in [0, 0.05) is 43.3 Å². The summed E-state index contributed by atoms with van der Waals surface area (Å²) in [7, 11) is 0. The summed E-state index contributed by atoms with van der Waals surface area (Å²) in [5.41, 5.74) is 7.64. The van der Waals surface area contributed by atoms with E-state index in [0.29, 0.717) is 22.3 Å². The van der Waals surface area contributed by atoms with E-state index >= 15 is 4.39 Å². The van der Waals surface area contributed by atoms with Crippen molar-refractivity contribution in [3.8, 4) is 6.07 Å². The molecule has 0 aromatic heterocycles. The highest BCUT2D eigenvalue weighted by atomic mass is 35.5. The van der Waals surface area contributed by atoms with E-state index in [0.717, 1.165) is 11.8 Å². The molecule has 0 unspecified atom stereocenters. The largest absolute Gasteiger partial charge is 0.397 e. The van der Waals surface area contributed by atoms with Crippen LogP contribution in [0.1, 0.15) is 45.5 Å². The molecular weight excluding hydrogens is 403 g/mol. The molecule has 30 heavy (non-hydrogen) atoms. The number of carbonyl (C=O) groups excluding carboxylic acids is 1. The lowest BCUT2D eigenvalue weighted by Gasteiger charge is -2.37. The van der Waals surface area contributed by atoms with Crippen LogP contribution in [0.2, 0.25) is 0 Å². The summed E-state index contributed by atoms with van der Waals surface area (Å²) < 4.78 is 15.5. The molecule has 1 saturated heterocycles. The van der Waals surface area contributed by atoms with Crippen molar-refractivity contribution in [2.75, 3.05) is 13.1 Å². The molecule has 0 radical (unpaired) electrons. The van der Waals surface area contributed by atoms with E-state index in [2.05, 4.69) is 0 Å². The second-order valence-electron chi connectivity index (χ2n) is 7.38. The zero-order valence-corrected chi connectivity index (χ0v) is 17.3. The molecule has 0 aliphatic carbocycles. The Balaban J connectivity index is 1.77. The molecule has 0 bridgehead atoms. The lowest BCUT2D eigenvalue weighted by Crippen LogP contribution is -2.43.